The molecule has 1 unspecified atom stereocenters. The van der Waals surface area contributed by atoms with E-state index in [2.05, 4.69) is 15.9 Å². The molecule has 1 rings (SSSR count). The van der Waals surface area contributed by atoms with Gasteiger partial charge in [-0.25, -0.2) is 8.78 Å². The number of aromatic hydroxyl groups is 1. The lowest BCUT2D eigenvalue weighted by Gasteiger charge is -2.26. The van der Waals surface area contributed by atoms with E-state index in [1.165, 1.54) is 13.0 Å². The van der Waals surface area contributed by atoms with Gasteiger partial charge in [-0.05, 0) is 19.1 Å². The number of alkyl halides is 2. The minimum absolute atomic E-state index is 0.0231. The number of benzene rings is 1. The first-order chi connectivity index (χ1) is 6.37. The molecule has 78 valence electrons. The normalized spacial score (nSPS) is 15.6. The highest BCUT2D eigenvalue weighted by Crippen LogP contribution is 2.37. The van der Waals surface area contributed by atoms with Crippen LogP contribution in [0.4, 0.5) is 8.78 Å². The monoisotopic (exact) mass is 265 g/mol. The zero-order chi connectivity index (χ0) is 10.9. The second-order valence-corrected chi connectivity index (χ2v) is 4.07. The van der Waals surface area contributed by atoms with E-state index >= 15 is 0 Å². The zero-order valence-electron chi connectivity index (χ0n) is 7.47. The predicted octanol–water partition coefficient (Wildman–Crippen LogP) is 2.59. The molecule has 0 spiro atoms. The SMILES string of the molecule is CC(N)(c1c(O)cccc1Br)C(F)F. The molecule has 1 aromatic rings. The molecule has 0 radical (unpaired) electrons. The summed E-state index contributed by atoms with van der Waals surface area (Å²) in [6, 6.07) is 4.43. The van der Waals surface area contributed by atoms with E-state index in [9.17, 15) is 13.9 Å². The highest BCUT2D eigenvalue weighted by Gasteiger charge is 2.36. The van der Waals surface area contributed by atoms with Crippen molar-refractivity contribution in [2.24, 2.45) is 5.73 Å². The molecular formula is C9H10BrF2NO. The first-order valence-corrected chi connectivity index (χ1v) is 4.71. The van der Waals surface area contributed by atoms with Crippen molar-refractivity contribution in [2.75, 3.05) is 0 Å². The molecule has 0 fully saturated rings. The van der Waals surface area contributed by atoms with Crippen LogP contribution in [-0.2, 0) is 5.54 Å². The van der Waals surface area contributed by atoms with Crippen LogP contribution in [0, 0.1) is 0 Å². The number of halogens is 3. The predicted molar refractivity (Wildman–Crippen MR) is 53.4 cm³/mol. The van der Waals surface area contributed by atoms with Gasteiger partial charge in [0.25, 0.3) is 6.43 Å². The summed E-state index contributed by atoms with van der Waals surface area (Å²) in [4.78, 5) is 0. The summed E-state index contributed by atoms with van der Waals surface area (Å²) in [5, 5.41) is 9.43. The summed E-state index contributed by atoms with van der Waals surface area (Å²) in [7, 11) is 0. The molecule has 0 aromatic heterocycles. The Labute approximate surface area is 88.9 Å². The Kier molecular flexibility index (Phi) is 3.11. The maximum atomic E-state index is 12.6. The van der Waals surface area contributed by atoms with Gasteiger partial charge >= 0.3 is 0 Å². The average molecular weight is 266 g/mol. The summed E-state index contributed by atoms with van der Waals surface area (Å²) in [5.41, 5.74) is 3.61. The molecule has 0 saturated carbocycles. The number of hydrogen-bond donors (Lipinski definition) is 2. The van der Waals surface area contributed by atoms with E-state index in [0.29, 0.717) is 4.47 Å². The Hall–Kier alpha value is -0.680. The van der Waals surface area contributed by atoms with Crippen LogP contribution in [-0.4, -0.2) is 11.5 Å². The van der Waals surface area contributed by atoms with Gasteiger partial charge in [0.05, 0.1) is 0 Å². The van der Waals surface area contributed by atoms with Crippen LogP contribution in [0.5, 0.6) is 5.75 Å². The van der Waals surface area contributed by atoms with Crippen molar-refractivity contribution in [2.45, 2.75) is 18.9 Å². The second kappa shape index (κ2) is 3.82. The van der Waals surface area contributed by atoms with Gasteiger partial charge < -0.3 is 10.8 Å². The molecule has 0 heterocycles. The summed E-state index contributed by atoms with van der Waals surface area (Å²) in [6.45, 7) is 1.18. The average Bonchev–Trinajstić information content (AvgIpc) is 2.02. The number of phenolic OH excluding ortho intramolecular Hbond substituents is 1. The summed E-state index contributed by atoms with van der Waals surface area (Å²) < 4.78 is 25.6. The second-order valence-electron chi connectivity index (χ2n) is 3.22. The van der Waals surface area contributed by atoms with Gasteiger partial charge in [-0.1, -0.05) is 22.0 Å². The van der Waals surface area contributed by atoms with Gasteiger partial charge in [-0.15, -0.1) is 0 Å². The third-order valence-corrected chi connectivity index (χ3v) is 2.64. The molecular weight excluding hydrogens is 256 g/mol. The highest BCUT2D eigenvalue weighted by atomic mass is 79.9. The van der Waals surface area contributed by atoms with Gasteiger partial charge in [0.15, 0.2) is 0 Å². The number of nitrogens with two attached hydrogens (primary N) is 1. The Morgan fingerprint density at radius 2 is 2.07 bits per heavy atom. The van der Waals surface area contributed by atoms with Crippen LogP contribution in [0.15, 0.2) is 22.7 Å². The van der Waals surface area contributed by atoms with E-state index in [4.69, 9.17) is 5.73 Å². The van der Waals surface area contributed by atoms with E-state index < -0.39 is 12.0 Å². The molecule has 0 aliphatic rings. The van der Waals surface area contributed by atoms with Crippen molar-refractivity contribution < 1.29 is 13.9 Å². The van der Waals surface area contributed by atoms with Crippen LogP contribution in [0.3, 0.4) is 0 Å². The molecule has 5 heteroatoms. The van der Waals surface area contributed by atoms with Crippen LogP contribution < -0.4 is 5.73 Å². The molecule has 0 saturated heterocycles. The molecule has 1 atom stereocenters. The third kappa shape index (κ3) is 1.88. The van der Waals surface area contributed by atoms with Crippen molar-refractivity contribution in [1.29, 1.82) is 0 Å². The van der Waals surface area contributed by atoms with Gasteiger partial charge in [0, 0.05) is 10.0 Å². The smallest absolute Gasteiger partial charge is 0.260 e. The first-order valence-electron chi connectivity index (χ1n) is 3.92. The summed E-state index contributed by atoms with van der Waals surface area (Å²) in [6.07, 6.45) is -2.74. The fourth-order valence-corrected chi connectivity index (χ4v) is 1.94. The van der Waals surface area contributed by atoms with Crippen molar-refractivity contribution >= 4 is 15.9 Å². The zero-order valence-corrected chi connectivity index (χ0v) is 9.05. The summed E-state index contributed by atoms with van der Waals surface area (Å²) >= 11 is 3.08. The minimum Gasteiger partial charge on any atom is -0.508 e. The van der Waals surface area contributed by atoms with Gasteiger partial charge in [0.2, 0.25) is 0 Å². The molecule has 3 N–H and O–H groups in total. The van der Waals surface area contributed by atoms with Crippen LogP contribution in [0.25, 0.3) is 0 Å². The van der Waals surface area contributed by atoms with Gasteiger partial charge in [-0.2, -0.15) is 0 Å². The van der Waals surface area contributed by atoms with E-state index in [-0.39, 0.29) is 11.3 Å². The molecule has 1 aromatic carbocycles. The van der Waals surface area contributed by atoms with Crippen molar-refractivity contribution in [1.82, 2.24) is 0 Å². The van der Waals surface area contributed by atoms with E-state index in [1.807, 2.05) is 0 Å². The molecule has 0 aliphatic carbocycles. The fourth-order valence-electron chi connectivity index (χ4n) is 1.16. The molecule has 0 aliphatic heterocycles. The molecule has 0 bridgehead atoms. The molecule has 2 nitrogen and oxygen atoms in total. The number of rotatable bonds is 2. The fraction of sp³-hybridized carbons (Fsp3) is 0.333. The van der Waals surface area contributed by atoms with Crippen molar-refractivity contribution in [3.8, 4) is 5.75 Å². The Morgan fingerprint density at radius 3 is 2.50 bits per heavy atom. The lowest BCUT2D eigenvalue weighted by molar-refractivity contribution is 0.0607. The summed E-state index contributed by atoms with van der Waals surface area (Å²) in [5.74, 6) is -0.232. The van der Waals surface area contributed by atoms with Gasteiger partial charge in [0.1, 0.15) is 11.3 Å². The van der Waals surface area contributed by atoms with Crippen molar-refractivity contribution in [3.63, 3.8) is 0 Å². The maximum Gasteiger partial charge on any atom is 0.260 e. The topological polar surface area (TPSA) is 46.2 Å². The number of hydrogen-bond acceptors (Lipinski definition) is 2. The highest BCUT2D eigenvalue weighted by molar-refractivity contribution is 9.10. The van der Waals surface area contributed by atoms with Crippen molar-refractivity contribution in [3.05, 3.63) is 28.2 Å². The van der Waals surface area contributed by atoms with Crippen LogP contribution in [0.2, 0.25) is 0 Å². The quantitative estimate of drug-likeness (QED) is 0.864. The Morgan fingerprint density at radius 1 is 1.50 bits per heavy atom. The Balaban J connectivity index is 3.31. The standard InChI is InChI=1S/C9H10BrF2NO/c1-9(13,8(11)12)7-5(10)3-2-4-6(7)14/h2-4,8,14H,13H2,1H3. The lowest BCUT2D eigenvalue weighted by Crippen LogP contribution is -2.41. The maximum absolute atomic E-state index is 12.6. The van der Waals surface area contributed by atoms with Crippen LogP contribution >= 0.6 is 15.9 Å². The third-order valence-electron chi connectivity index (χ3n) is 1.98. The Bertz CT molecular complexity index is 321. The molecule has 14 heavy (non-hydrogen) atoms. The van der Waals surface area contributed by atoms with Crippen LogP contribution in [0.1, 0.15) is 12.5 Å². The van der Waals surface area contributed by atoms with Gasteiger partial charge in [-0.3, -0.25) is 0 Å². The number of phenols is 1. The minimum atomic E-state index is -2.74. The largest absolute Gasteiger partial charge is 0.508 e. The van der Waals surface area contributed by atoms with E-state index in [1.54, 1.807) is 12.1 Å². The molecule has 0 amide bonds. The first kappa shape index (κ1) is 11.4. The van der Waals surface area contributed by atoms with E-state index in [0.717, 1.165) is 0 Å². The lowest BCUT2D eigenvalue weighted by atomic mass is 9.93.